The summed E-state index contributed by atoms with van der Waals surface area (Å²) in [5, 5.41) is 10.9. The third-order valence-electron chi connectivity index (χ3n) is 3.03. The summed E-state index contributed by atoms with van der Waals surface area (Å²) >= 11 is 1.34. The summed E-state index contributed by atoms with van der Waals surface area (Å²) in [6.45, 7) is 1.81. The lowest BCUT2D eigenvalue weighted by Gasteiger charge is -1.99. The Labute approximate surface area is 130 Å². The zero-order valence-electron chi connectivity index (χ0n) is 12.0. The lowest BCUT2D eigenvalue weighted by molar-refractivity contribution is 0.0966. The molecule has 0 aliphatic heterocycles. The lowest BCUT2D eigenvalue weighted by atomic mass is 10.1. The number of nitrogens with zero attached hydrogens (tertiary/aromatic N) is 3. The van der Waals surface area contributed by atoms with Crippen LogP contribution in [0, 0.1) is 6.92 Å². The Morgan fingerprint density at radius 3 is 2.77 bits per heavy atom. The van der Waals surface area contributed by atoms with Gasteiger partial charge in [-0.25, -0.2) is 4.98 Å². The number of anilines is 1. The van der Waals surface area contributed by atoms with E-state index < -0.39 is 0 Å². The molecule has 2 aromatic heterocycles. The van der Waals surface area contributed by atoms with Crippen LogP contribution in [-0.2, 0) is 0 Å². The Morgan fingerprint density at radius 2 is 2.09 bits per heavy atom. The van der Waals surface area contributed by atoms with Gasteiger partial charge in [0.25, 0.3) is 5.91 Å². The summed E-state index contributed by atoms with van der Waals surface area (Å²) in [5.74, 6) is 0.209. The van der Waals surface area contributed by atoms with Gasteiger partial charge in [-0.15, -0.1) is 16.4 Å². The molecule has 3 rings (SSSR count). The van der Waals surface area contributed by atoms with E-state index in [-0.39, 0.29) is 11.9 Å². The molecule has 0 aliphatic carbocycles. The number of amides is 1. The molecule has 0 atom stereocenters. The van der Waals surface area contributed by atoms with Crippen LogP contribution < -0.4 is 11.1 Å². The van der Waals surface area contributed by atoms with Gasteiger partial charge in [0.1, 0.15) is 9.88 Å². The van der Waals surface area contributed by atoms with Gasteiger partial charge < -0.3 is 15.5 Å². The third-order valence-corrected chi connectivity index (χ3v) is 4.23. The number of hydrogen-bond donors (Lipinski definition) is 2. The second-order valence-corrected chi connectivity index (χ2v) is 5.54. The molecule has 0 saturated heterocycles. The topological polar surface area (TPSA) is 107 Å². The Bertz CT molecular complexity index is 839. The minimum Gasteiger partial charge on any atom is -0.404 e. The molecule has 0 unspecified atom stereocenters. The van der Waals surface area contributed by atoms with Crippen LogP contribution in [0.15, 0.2) is 28.7 Å². The Morgan fingerprint density at radius 1 is 1.32 bits per heavy atom. The van der Waals surface area contributed by atoms with Crippen molar-refractivity contribution in [3.63, 3.8) is 0 Å². The number of carbonyl (C=O) groups excluding carboxylic acids is 1. The number of aromatic nitrogens is 3. The number of carbonyl (C=O) groups is 1. The highest BCUT2D eigenvalue weighted by Gasteiger charge is 2.16. The zero-order chi connectivity index (χ0) is 15.7. The van der Waals surface area contributed by atoms with Gasteiger partial charge in [0.05, 0.1) is 5.69 Å². The van der Waals surface area contributed by atoms with Gasteiger partial charge >= 0.3 is 6.01 Å². The van der Waals surface area contributed by atoms with Gasteiger partial charge in [-0.05, 0) is 19.1 Å². The quantitative estimate of drug-likeness (QED) is 0.766. The molecule has 0 saturated carbocycles. The molecule has 0 aliphatic rings. The van der Waals surface area contributed by atoms with Crippen LogP contribution in [0.5, 0.6) is 0 Å². The molecule has 1 aromatic carbocycles. The minimum absolute atomic E-state index is 0.0207. The van der Waals surface area contributed by atoms with Crippen LogP contribution in [0.25, 0.3) is 22.0 Å². The van der Waals surface area contributed by atoms with Crippen molar-refractivity contribution in [1.82, 2.24) is 20.5 Å². The summed E-state index contributed by atoms with van der Waals surface area (Å²) in [4.78, 5) is 16.8. The SMILES string of the molecule is CNC(=O)c1sc(-c2cccc(-c3nnc(N)o3)c2)nc1C. The molecule has 3 aromatic rings. The number of nitrogens with one attached hydrogen (secondary N) is 1. The average Bonchev–Trinajstić information content (AvgIpc) is 3.13. The number of nitrogen functional groups attached to an aromatic ring is 1. The van der Waals surface area contributed by atoms with Gasteiger partial charge in [-0.2, -0.15) is 0 Å². The van der Waals surface area contributed by atoms with Crippen LogP contribution in [0.2, 0.25) is 0 Å². The normalized spacial score (nSPS) is 10.6. The van der Waals surface area contributed by atoms with E-state index in [4.69, 9.17) is 10.2 Å². The number of nitrogens with two attached hydrogens (primary N) is 1. The van der Waals surface area contributed by atoms with Crippen molar-refractivity contribution < 1.29 is 9.21 Å². The molecular weight excluding hydrogens is 302 g/mol. The maximum Gasteiger partial charge on any atom is 0.313 e. The first-order valence-corrected chi connectivity index (χ1v) is 7.29. The van der Waals surface area contributed by atoms with E-state index in [1.807, 2.05) is 31.2 Å². The molecular formula is C14H13N5O2S. The maximum absolute atomic E-state index is 11.8. The standard InChI is InChI=1S/C14H13N5O2S/c1-7-10(11(20)16-2)22-13(17-7)9-5-3-4-8(6-9)12-18-19-14(15)21-12/h3-6H,1-2H3,(H2,15,19)(H,16,20). The molecule has 8 heteroatoms. The summed E-state index contributed by atoms with van der Waals surface area (Å²) in [6, 6.07) is 7.51. The predicted octanol–water partition coefficient (Wildman–Crippen LogP) is 2.11. The van der Waals surface area contributed by atoms with E-state index in [2.05, 4.69) is 20.5 Å². The molecule has 0 bridgehead atoms. The smallest absolute Gasteiger partial charge is 0.313 e. The van der Waals surface area contributed by atoms with E-state index in [0.29, 0.717) is 16.5 Å². The van der Waals surface area contributed by atoms with Crippen LogP contribution in [-0.4, -0.2) is 28.1 Å². The number of aryl methyl sites for hydroxylation is 1. The first-order chi connectivity index (χ1) is 10.6. The van der Waals surface area contributed by atoms with Crippen molar-refractivity contribution in [1.29, 1.82) is 0 Å². The van der Waals surface area contributed by atoms with E-state index in [1.54, 1.807) is 7.05 Å². The molecule has 7 nitrogen and oxygen atoms in total. The van der Waals surface area contributed by atoms with Crippen LogP contribution in [0.1, 0.15) is 15.4 Å². The van der Waals surface area contributed by atoms with Crippen molar-refractivity contribution in [3.8, 4) is 22.0 Å². The number of hydrogen-bond acceptors (Lipinski definition) is 7. The second kappa shape index (κ2) is 5.57. The van der Waals surface area contributed by atoms with E-state index >= 15 is 0 Å². The van der Waals surface area contributed by atoms with Crippen LogP contribution >= 0.6 is 11.3 Å². The Hall–Kier alpha value is -2.74. The van der Waals surface area contributed by atoms with Gasteiger partial charge in [0, 0.05) is 18.2 Å². The van der Waals surface area contributed by atoms with Crippen LogP contribution in [0.4, 0.5) is 6.01 Å². The molecule has 1 amide bonds. The molecule has 0 fully saturated rings. The molecule has 3 N–H and O–H groups in total. The highest BCUT2D eigenvalue weighted by atomic mass is 32.1. The monoisotopic (exact) mass is 315 g/mol. The van der Waals surface area contributed by atoms with Crippen LogP contribution in [0.3, 0.4) is 0 Å². The first-order valence-electron chi connectivity index (χ1n) is 6.48. The van der Waals surface area contributed by atoms with Gasteiger partial charge in [0.15, 0.2) is 0 Å². The molecule has 22 heavy (non-hydrogen) atoms. The summed E-state index contributed by atoms with van der Waals surface area (Å²) in [6.07, 6.45) is 0. The van der Waals surface area contributed by atoms with Crippen molar-refractivity contribution in [2.24, 2.45) is 0 Å². The fraction of sp³-hybridized carbons (Fsp3) is 0.143. The highest BCUT2D eigenvalue weighted by molar-refractivity contribution is 7.17. The Kier molecular flexibility index (Phi) is 3.60. The third kappa shape index (κ3) is 2.56. The average molecular weight is 315 g/mol. The number of thiazole rings is 1. The predicted molar refractivity (Wildman–Crippen MR) is 83.4 cm³/mol. The molecule has 0 spiro atoms. The second-order valence-electron chi connectivity index (χ2n) is 4.54. The summed E-state index contributed by atoms with van der Waals surface area (Å²) in [5.41, 5.74) is 7.76. The van der Waals surface area contributed by atoms with E-state index in [1.165, 1.54) is 11.3 Å². The van der Waals surface area contributed by atoms with Crippen molar-refractivity contribution in [3.05, 3.63) is 34.8 Å². The van der Waals surface area contributed by atoms with Crippen molar-refractivity contribution in [2.75, 3.05) is 12.8 Å². The van der Waals surface area contributed by atoms with Gasteiger partial charge in [-0.1, -0.05) is 17.2 Å². The van der Waals surface area contributed by atoms with Gasteiger partial charge in [-0.3, -0.25) is 4.79 Å². The molecule has 2 heterocycles. The fourth-order valence-electron chi connectivity index (χ4n) is 1.98. The number of benzene rings is 1. The van der Waals surface area contributed by atoms with Crippen molar-refractivity contribution >= 4 is 23.3 Å². The number of rotatable bonds is 3. The van der Waals surface area contributed by atoms with E-state index in [9.17, 15) is 4.79 Å². The molecule has 0 radical (unpaired) electrons. The van der Waals surface area contributed by atoms with Crippen molar-refractivity contribution in [2.45, 2.75) is 6.92 Å². The lowest BCUT2D eigenvalue weighted by Crippen LogP contribution is -2.17. The first kappa shape index (κ1) is 14.2. The van der Waals surface area contributed by atoms with E-state index in [0.717, 1.165) is 16.1 Å². The largest absolute Gasteiger partial charge is 0.404 e. The molecule has 112 valence electrons. The maximum atomic E-state index is 11.8. The zero-order valence-corrected chi connectivity index (χ0v) is 12.8. The minimum atomic E-state index is -0.137. The fourth-order valence-corrected chi connectivity index (χ4v) is 2.99. The summed E-state index contributed by atoms with van der Waals surface area (Å²) < 4.78 is 5.22. The summed E-state index contributed by atoms with van der Waals surface area (Å²) in [7, 11) is 1.60. The van der Waals surface area contributed by atoms with Gasteiger partial charge in [0.2, 0.25) is 5.89 Å². The Balaban J connectivity index is 2.01. The highest BCUT2D eigenvalue weighted by Crippen LogP contribution is 2.30.